The van der Waals surface area contributed by atoms with Crippen molar-refractivity contribution in [1.82, 2.24) is 0 Å². The van der Waals surface area contributed by atoms with E-state index in [0.717, 1.165) is 30.4 Å². The lowest BCUT2D eigenvalue weighted by Crippen LogP contribution is -2.02. The van der Waals surface area contributed by atoms with Gasteiger partial charge in [0.25, 0.3) is 0 Å². The van der Waals surface area contributed by atoms with E-state index in [4.69, 9.17) is 5.11 Å². The highest BCUT2D eigenvalue weighted by Crippen LogP contribution is 2.19. The molecule has 86 valence electrons. The first-order valence-corrected chi connectivity index (χ1v) is 4.14. The van der Waals surface area contributed by atoms with Crippen molar-refractivity contribution in [2.24, 2.45) is 0 Å². The van der Waals surface area contributed by atoms with Crippen LogP contribution < -0.4 is 4.74 Å². The number of carboxylic acid groups (broad SMARTS) is 1. The normalized spacial score (nSPS) is 11.0. The molecule has 0 saturated carbocycles. The fraction of sp³-hybridized carbons (Fsp3) is 0.100. The Labute approximate surface area is 88.8 Å². The Morgan fingerprint density at radius 2 is 2.06 bits per heavy atom. The predicted octanol–water partition coefficient (Wildman–Crippen LogP) is 2.52. The number of ether oxygens (including phenoxy) is 1. The number of benzene rings is 1. The summed E-state index contributed by atoms with van der Waals surface area (Å²) in [5.41, 5.74) is 0.123. The first kappa shape index (κ1) is 12.1. The van der Waals surface area contributed by atoms with Crippen LogP contribution in [0.2, 0.25) is 0 Å². The Bertz CT molecular complexity index is 416. The molecule has 1 aromatic rings. The summed E-state index contributed by atoms with van der Waals surface area (Å²) >= 11 is 0. The molecule has 1 rings (SSSR count). The summed E-state index contributed by atoms with van der Waals surface area (Å²) < 4.78 is 40.6. The van der Waals surface area contributed by atoms with Crippen molar-refractivity contribution in [2.45, 2.75) is 6.61 Å². The van der Waals surface area contributed by atoms with E-state index in [9.17, 15) is 18.0 Å². The van der Waals surface area contributed by atoms with Gasteiger partial charge in [-0.15, -0.1) is 0 Å². The van der Waals surface area contributed by atoms with Crippen molar-refractivity contribution >= 4 is 12.0 Å². The lowest BCUT2D eigenvalue weighted by molar-refractivity contribution is -0.131. The van der Waals surface area contributed by atoms with Crippen LogP contribution in [0, 0.1) is 5.82 Å². The van der Waals surface area contributed by atoms with Gasteiger partial charge in [-0.3, -0.25) is 0 Å². The van der Waals surface area contributed by atoms with Crippen molar-refractivity contribution in [3.05, 3.63) is 35.7 Å². The Hall–Kier alpha value is -1.98. The number of aliphatic carboxylic acids is 1. The van der Waals surface area contributed by atoms with Crippen molar-refractivity contribution in [3.63, 3.8) is 0 Å². The summed E-state index contributed by atoms with van der Waals surface area (Å²) in [5.74, 6) is -2.37. The van der Waals surface area contributed by atoms with Crippen LogP contribution in [0.15, 0.2) is 24.3 Å². The van der Waals surface area contributed by atoms with E-state index in [-0.39, 0.29) is 11.3 Å². The van der Waals surface area contributed by atoms with Gasteiger partial charge in [-0.25, -0.2) is 9.18 Å². The summed E-state index contributed by atoms with van der Waals surface area (Å²) in [6.45, 7) is -3.06. The molecule has 1 aromatic carbocycles. The molecular formula is C10H7F3O3. The van der Waals surface area contributed by atoms with Crippen LogP contribution in [0.25, 0.3) is 6.08 Å². The van der Waals surface area contributed by atoms with Gasteiger partial charge in [0.1, 0.15) is 11.6 Å². The first-order valence-electron chi connectivity index (χ1n) is 4.14. The molecule has 0 amide bonds. The van der Waals surface area contributed by atoms with E-state index in [1.807, 2.05) is 0 Å². The molecule has 0 aliphatic rings. The zero-order valence-electron chi connectivity index (χ0n) is 7.86. The van der Waals surface area contributed by atoms with Crippen molar-refractivity contribution in [2.75, 3.05) is 0 Å². The molecule has 0 atom stereocenters. The van der Waals surface area contributed by atoms with Gasteiger partial charge in [0, 0.05) is 12.1 Å². The van der Waals surface area contributed by atoms with Crippen LogP contribution in [0.3, 0.4) is 0 Å². The highest BCUT2D eigenvalue weighted by molar-refractivity contribution is 5.85. The van der Waals surface area contributed by atoms with Crippen LogP contribution in [0.1, 0.15) is 5.56 Å². The average molecular weight is 232 g/mol. The second-order valence-corrected chi connectivity index (χ2v) is 2.77. The molecule has 0 spiro atoms. The predicted molar refractivity (Wildman–Crippen MR) is 49.7 cm³/mol. The second kappa shape index (κ2) is 5.20. The number of rotatable bonds is 4. The monoisotopic (exact) mass is 232 g/mol. The lowest BCUT2D eigenvalue weighted by Gasteiger charge is -2.05. The maximum atomic E-state index is 12.9. The number of alkyl halides is 2. The van der Waals surface area contributed by atoms with Crippen molar-refractivity contribution in [1.29, 1.82) is 0 Å². The van der Waals surface area contributed by atoms with Gasteiger partial charge in [0.05, 0.1) is 0 Å². The van der Waals surface area contributed by atoms with E-state index in [2.05, 4.69) is 4.74 Å². The van der Waals surface area contributed by atoms with Gasteiger partial charge in [0.2, 0.25) is 0 Å². The molecule has 3 nitrogen and oxygen atoms in total. The summed E-state index contributed by atoms with van der Waals surface area (Å²) in [4.78, 5) is 10.2. The Morgan fingerprint density at radius 3 is 2.62 bits per heavy atom. The Morgan fingerprint density at radius 1 is 1.38 bits per heavy atom. The highest BCUT2D eigenvalue weighted by atomic mass is 19.3. The average Bonchev–Trinajstić information content (AvgIpc) is 2.12. The molecule has 16 heavy (non-hydrogen) atoms. The molecule has 0 aliphatic heterocycles. The SMILES string of the molecule is O=C(O)/C=C/c1cc(F)cc(OC(F)F)c1. The minimum atomic E-state index is -3.06. The van der Waals surface area contributed by atoms with Gasteiger partial charge in [-0.05, 0) is 23.8 Å². The van der Waals surface area contributed by atoms with Gasteiger partial charge < -0.3 is 9.84 Å². The lowest BCUT2D eigenvalue weighted by atomic mass is 10.2. The molecule has 0 heterocycles. The molecular weight excluding hydrogens is 225 g/mol. The molecule has 0 fully saturated rings. The van der Waals surface area contributed by atoms with Crippen LogP contribution in [-0.4, -0.2) is 17.7 Å². The molecule has 0 radical (unpaired) electrons. The summed E-state index contributed by atoms with van der Waals surface area (Å²) in [6.07, 6.45) is 1.84. The van der Waals surface area contributed by atoms with Crippen molar-refractivity contribution in [3.8, 4) is 5.75 Å². The molecule has 0 aromatic heterocycles. The molecule has 0 bridgehead atoms. The van der Waals surface area contributed by atoms with Crippen LogP contribution in [-0.2, 0) is 4.79 Å². The highest BCUT2D eigenvalue weighted by Gasteiger charge is 2.06. The van der Waals surface area contributed by atoms with Gasteiger partial charge in [0.15, 0.2) is 0 Å². The standard InChI is InChI=1S/C10H7F3O3/c11-7-3-6(1-2-9(14)15)4-8(5-7)16-10(12)13/h1-5,10H,(H,14,15)/b2-1+. The fourth-order valence-electron chi connectivity index (χ4n) is 1.02. The number of carbonyl (C=O) groups is 1. The second-order valence-electron chi connectivity index (χ2n) is 2.77. The minimum absolute atomic E-state index is 0.123. The maximum absolute atomic E-state index is 12.9. The Kier molecular flexibility index (Phi) is 3.93. The zero-order valence-corrected chi connectivity index (χ0v) is 7.86. The molecule has 0 unspecified atom stereocenters. The van der Waals surface area contributed by atoms with Gasteiger partial charge in [-0.2, -0.15) is 8.78 Å². The summed E-state index contributed by atoms with van der Waals surface area (Å²) in [7, 11) is 0. The van der Waals surface area contributed by atoms with E-state index in [0.29, 0.717) is 0 Å². The van der Waals surface area contributed by atoms with Crippen molar-refractivity contribution < 1.29 is 27.8 Å². The fourth-order valence-corrected chi connectivity index (χ4v) is 1.02. The molecule has 1 N–H and O–H groups in total. The molecule has 0 aliphatic carbocycles. The number of carboxylic acids is 1. The first-order chi connectivity index (χ1) is 7.47. The quantitative estimate of drug-likeness (QED) is 0.811. The number of hydrogen-bond acceptors (Lipinski definition) is 2. The van der Waals surface area contributed by atoms with Crippen LogP contribution >= 0.6 is 0 Å². The van der Waals surface area contributed by atoms with E-state index in [1.165, 1.54) is 0 Å². The zero-order chi connectivity index (χ0) is 12.1. The van der Waals surface area contributed by atoms with E-state index < -0.39 is 18.4 Å². The molecule has 0 saturated heterocycles. The topological polar surface area (TPSA) is 46.5 Å². The Balaban J connectivity index is 2.93. The van der Waals surface area contributed by atoms with Gasteiger partial charge >= 0.3 is 12.6 Å². The largest absolute Gasteiger partial charge is 0.478 e. The van der Waals surface area contributed by atoms with E-state index >= 15 is 0 Å². The molecule has 6 heteroatoms. The third-order valence-corrected chi connectivity index (χ3v) is 1.54. The number of hydrogen-bond donors (Lipinski definition) is 1. The van der Waals surface area contributed by atoms with E-state index in [1.54, 1.807) is 0 Å². The van der Waals surface area contributed by atoms with Crippen LogP contribution in [0.5, 0.6) is 5.75 Å². The maximum Gasteiger partial charge on any atom is 0.387 e. The minimum Gasteiger partial charge on any atom is -0.478 e. The summed E-state index contributed by atoms with van der Waals surface area (Å²) in [6, 6.07) is 2.89. The third kappa shape index (κ3) is 4.04. The number of halogens is 3. The third-order valence-electron chi connectivity index (χ3n) is 1.54. The van der Waals surface area contributed by atoms with Gasteiger partial charge in [-0.1, -0.05) is 0 Å². The van der Waals surface area contributed by atoms with Crippen LogP contribution in [0.4, 0.5) is 13.2 Å². The summed E-state index contributed by atoms with van der Waals surface area (Å²) in [5, 5.41) is 8.33. The smallest absolute Gasteiger partial charge is 0.387 e.